The van der Waals surface area contributed by atoms with Crippen LogP contribution in [0.5, 0.6) is 0 Å². The molecule has 1 spiro atoms. The molecule has 1 aromatic rings. The standard InChI is InChI=1S/C60H83N9O6/c1-6-64-47-31-40-15-9-14-39-13-7-8-25-57(3,34-38-19-21-49(61)67-36-38)35-41-16-10-17-43-51(41)53(72)60(55(73)74-48(18-11-30-70)45(47)32-44(39)40)59(75-60,52(43)71)27-23-37(2)33-58(26-12-28-66-56(63-5)69-58)46-24-29-65-54-42(46)20-22-50(62-4)68-54/h9-10,15-17,19,21,23-24,31,36,39,44-45,47-50,62,64-65,67-68,70H,6-8,11-14,18,20,22,25-30,32-35,61H2,1-5H3,(H2,63,66,69)/b37-23+/t39-,44+,45+,47-,48-,49?,50-,57-,58-,59+,60+/m1/s1. The van der Waals surface area contributed by atoms with Crippen LogP contribution in [0.15, 0.2) is 106 Å². The fourth-order valence-corrected chi connectivity index (χ4v) is 14.5. The van der Waals surface area contributed by atoms with Gasteiger partial charge >= 0.3 is 5.97 Å². The summed E-state index contributed by atoms with van der Waals surface area (Å²) in [6, 6.07) is 5.49. The van der Waals surface area contributed by atoms with E-state index in [0.29, 0.717) is 50.3 Å². The molecule has 1 aromatic carbocycles. The zero-order valence-corrected chi connectivity index (χ0v) is 45.0. The van der Waals surface area contributed by atoms with Crippen molar-refractivity contribution < 1.29 is 29.0 Å². The molecule has 15 heteroatoms. The molecule has 11 atom stereocenters. The minimum absolute atomic E-state index is 0.00542. The Bertz CT molecular complexity index is 2650. The van der Waals surface area contributed by atoms with Gasteiger partial charge in [-0.2, -0.15) is 0 Å². The van der Waals surface area contributed by atoms with E-state index in [1.165, 1.54) is 16.7 Å². The summed E-state index contributed by atoms with van der Waals surface area (Å²) in [4.78, 5) is 52.0. The largest absolute Gasteiger partial charge is 0.459 e. The molecular weight excluding hydrogens is 943 g/mol. The molecule has 4 bridgehead atoms. The number of aliphatic hydroxyl groups is 1. The van der Waals surface area contributed by atoms with E-state index < -0.39 is 34.6 Å². The lowest BCUT2D eigenvalue weighted by Gasteiger charge is -2.43. The van der Waals surface area contributed by atoms with Crippen LogP contribution in [0.3, 0.4) is 0 Å². The normalized spacial score (nSPS) is 36.1. The summed E-state index contributed by atoms with van der Waals surface area (Å²) in [6.45, 7) is 8.54. The summed E-state index contributed by atoms with van der Waals surface area (Å²) in [5, 5.41) is 35.3. The van der Waals surface area contributed by atoms with Gasteiger partial charge in [0.2, 0.25) is 5.78 Å². The molecule has 0 amide bonds. The Morgan fingerprint density at radius 1 is 1.08 bits per heavy atom. The van der Waals surface area contributed by atoms with Crippen LogP contribution in [0.1, 0.15) is 143 Å². The van der Waals surface area contributed by atoms with Gasteiger partial charge < -0.3 is 57.5 Å². The van der Waals surface area contributed by atoms with Crippen LogP contribution in [0, 0.1) is 23.2 Å². The Morgan fingerprint density at radius 3 is 2.73 bits per heavy atom. The Morgan fingerprint density at radius 2 is 1.95 bits per heavy atom. The molecule has 1 unspecified atom stereocenters. The second-order valence-corrected chi connectivity index (χ2v) is 23.4. The number of nitrogens with one attached hydrogen (secondary N) is 7. The number of benzene rings is 1. The summed E-state index contributed by atoms with van der Waals surface area (Å²) in [5.41, 5.74) is 8.52. The lowest BCUT2D eigenvalue weighted by atomic mass is 9.66. The number of dihydropyridines is 2. The summed E-state index contributed by atoms with van der Waals surface area (Å²) in [7, 11) is 3.77. The van der Waals surface area contributed by atoms with Crippen molar-refractivity contribution in [1.82, 2.24) is 37.2 Å². The van der Waals surface area contributed by atoms with Gasteiger partial charge in [0.15, 0.2) is 17.3 Å². The number of nitrogens with zero attached hydrogens (tertiary/aromatic N) is 1. The Hall–Kier alpha value is -5.32. The SMILES string of the molecule is CCN[C@@H]1C=C2C=CC[C@H]3CCCC[C@](C)(CC4=CNC(N)C=C4)Cc4cccc5c4C(=O)[C@]4(O[C@@]4(C/C=C(\C)C[C@@]4(C6=CCNC7=C6CC[C@H](NC)N7)CCCNC(=NC)N4)C5=O)C(=O)O[C@H](CCCO)[C@H]1C[C@H]23. The third-order valence-corrected chi connectivity index (χ3v) is 18.3. The molecule has 0 saturated carbocycles. The lowest BCUT2D eigenvalue weighted by Crippen LogP contribution is -2.55. The number of allylic oxidation sites excluding steroid dienone is 5. The Labute approximate surface area is 444 Å². The van der Waals surface area contributed by atoms with Crippen molar-refractivity contribution in [2.45, 2.75) is 165 Å². The first kappa shape index (κ1) is 53.1. The Balaban J connectivity index is 1.05. The number of Topliss-reactive ketones (excluding diaryl/α,β-unsaturated/α-hetero) is 2. The molecule has 404 valence electrons. The van der Waals surface area contributed by atoms with E-state index in [4.69, 9.17) is 15.2 Å². The molecule has 9 aliphatic rings. The van der Waals surface area contributed by atoms with E-state index in [1.807, 2.05) is 37.5 Å². The Kier molecular flexibility index (Phi) is 15.5. The highest BCUT2D eigenvalue weighted by Crippen LogP contribution is 2.60. The zero-order valence-electron chi connectivity index (χ0n) is 45.0. The van der Waals surface area contributed by atoms with E-state index in [0.717, 1.165) is 106 Å². The van der Waals surface area contributed by atoms with Gasteiger partial charge in [-0.15, -0.1) is 0 Å². The van der Waals surface area contributed by atoms with Crippen LogP contribution >= 0.6 is 0 Å². The van der Waals surface area contributed by atoms with Crippen LogP contribution in [-0.2, 0) is 20.7 Å². The van der Waals surface area contributed by atoms with E-state index in [1.54, 1.807) is 13.1 Å². The van der Waals surface area contributed by atoms with E-state index in [9.17, 15) is 5.11 Å². The molecule has 75 heavy (non-hydrogen) atoms. The van der Waals surface area contributed by atoms with E-state index in [2.05, 4.69) is 93.4 Å². The van der Waals surface area contributed by atoms with Crippen LogP contribution in [0.4, 0.5) is 0 Å². The molecule has 0 radical (unpaired) electrons. The van der Waals surface area contributed by atoms with Gasteiger partial charge in [0.05, 0.1) is 17.9 Å². The van der Waals surface area contributed by atoms with Gasteiger partial charge in [0, 0.05) is 62.5 Å². The van der Waals surface area contributed by atoms with Crippen molar-refractivity contribution in [2.75, 3.05) is 40.3 Å². The first-order valence-corrected chi connectivity index (χ1v) is 28.3. The van der Waals surface area contributed by atoms with Crippen molar-refractivity contribution in [1.29, 1.82) is 0 Å². The monoisotopic (exact) mass is 1030 g/mol. The number of hydrogen-bond acceptors (Lipinski definition) is 13. The number of nitrogens with two attached hydrogens (primary N) is 1. The summed E-state index contributed by atoms with van der Waals surface area (Å²) in [6.07, 6.45) is 28.6. The van der Waals surface area contributed by atoms with Crippen molar-refractivity contribution in [3.8, 4) is 0 Å². The maximum absolute atomic E-state index is 16.0. The topological polar surface area (TPSA) is 216 Å². The fourth-order valence-electron chi connectivity index (χ4n) is 14.5. The number of epoxide rings is 1. The van der Waals surface area contributed by atoms with Gasteiger partial charge in [0.1, 0.15) is 11.9 Å². The number of rotatable bonds is 13. The number of aliphatic imine (C=N–C) groups is 1. The van der Waals surface area contributed by atoms with Crippen molar-refractivity contribution >= 4 is 23.5 Å². The number of likely N-dealkylation sites (N-methyl/N-ethyl adjacent to an activating group) is 1. The molecule has 15 nitrogen and oxygen atoms in total. The number of ketones is 2. The molecule has 0 aromatic heterocycles. The van der Waals surface area contributed by atoms with Crippen molar-refractivity contribution in [3.05, 3.63) is 117 Å². The maximum Gasteiger partial charge on any atom is 0.350 e. The average molecular weight is 1030 g/mol. The first-order valence-electron chi connectivity index (χ1n) is 28.3. The summed E-state index contributed by atoms with van der Waals surface area (Å²) in [5.74, 6) is 0.647. The lowest BCUT2D eigenvalue weighted by molar-refractivity contribution is -0.158. The second-order valence-electron chi connectivity index (χ2n) is 23.4. The van der Waals surface area contributed by atoms with Crippen LogP contribution in [-0.4, -0.2) is 110 Å². The van der Waals surface area contributed by atoms with Gasteiger partial charge in [-0.1, -0.05) is 86.9 Å². The first-order chi connectivity index (χ1) is 36.3. The average Bonchev–Trinajstić information content (AvgIpc) is 4.31. The smallest absolute Gasteiger partial charge is 0.350 e. The quantitative estimate of drug-likeness (QED) is 0.0459. The van der Waals surface area contributed by atoms with Crippen molar-refractivity contribution in [2.24, 2.45) is 33.9 Å². The highest BCUT2D eigenvalue weighted by Gasteiger charge is 2.85. The number of esters is 1. The van der Waals surface area contributed by atoms with Crippen LogP contribution < -0.4 is 43.0 Å². The van der Waals surface area contributed by atoms with Gasteiger partial charge in [-0.05, 0) is 155 Å². The third-order valence-electron chi connectivity index (χ3n) is 18.3. The number of hydrogen-bond donors (Lipinski definition) is 9. The molecule has 10 rings (SSSR count). The molecule has 2 fully saturated rings. The molecule has 6 aliphatic heterocycles. The zero-order chi connectivity index (χ0) is 52.5. The molecule has 3 aliphatic carbocycles. The number of guanidine groups is 1. The second kappa shape index (κ2) is 22.0. The minimum Gasteiger partial charge on any atom is -0.459 e. The molecule has 2 saturated heterocycles. The van der Waals surface area contributed by atoms with Crippen LogP contribution in [0.25, 0.3) is 0 Å². The highest BCUT2D eigenvalue weighted by atomic mass is 16.7. The third kappa shape index (κ3) is 10.1. The minimum atomic E-state index is -2.20. The highest BCUT2D eigenvalue weighted by molar-refractivity contribution is 6.33. The number of carbonyl (C=O) groups excluding carboxylic acids is 3. The molecular formula is C60H83N9O6. The van der Waals surface area contributed by atoms with Crippen LogP contribution in [0.2, 0.25) is 0 Å². The number of carbonyl (C=O) groups is 3. The van der Waals surface area contributed by atoms with Gasteiger partial charge in [0.25, 0.3) is 5.60 Å². The fraction of sp³-hybridized carbons (Fsp3) is 0.600. The van der Waals surface area contributed by atoms with Crippen molar-refractivity contribution in [3.63, 3.8) is 0 Å². The number of ether oxygens (including phenoxy) is 2. The number of cyclic esters (lactones) is 1. The van der Waals surface area contributed by atoms with Gasteiger partial charge in [-0.25, -0.2) is 4.79 Å². The number of fused-ring (bicyclic) bond motifs is 1. The predicted octanol–water partition coefficient (Wildman–Crippen LogP) is 6.31. The predicted molar refractivity (Wildman–Crippen MR) is 293 cm³/mol. The van der Waals surface area contributed by atoms with E-state index in [-0.39, 0.29) is 60.0 Å². The van der Waals surface area contributed by atoms with Gasteiger partial charge in [-0.3, -0.25) is 14.6 Å². The number of aliphatic hydroxyl groups excluding tert-OH is 1. The maximum atomic E-state index is 16.0. The molecule has 10 N–H and O–H groups in total. The van der Waals surface area contributed by atoms with E-state index >= 15 is 14.4 Å². The summed E-state index contributed by atoms with van der Waals surface area (Å²) >= 11 is 0. The molecule has 6 heterocycles. The summed E-state index contributed by atoms with van der Waals surface area (Å²) < 4.78 is 13.6.